The molecule has 0 saturated heterocycles. The van der Waals surface area contributed by atoms with Gasteiger partial charge >= 0.3 is 0 Å². The van der Waals surface area contributed by atoms with E-state index in [0.717, 1.165) is 0 Å². The standard InChI is InChI=1S/2ClHO.Cu.H2O/c2*1-2;;/h2*2H;;1H2. The zero-order valence-corrected chi connectivity index (χ0v) is 4.91. The predicted octanol–water partition coefficient (Wildman–Crippen LogP) is -0.562. The Balaban J connectivity index is -0.00000000500. The van der Waals surface area contributed by atoms with Crippen LogP contribution in [-0.2, 0) is 17.1 Å². The van der Waals surface area contributed by atoms with Crippen LogP contribution in [0.5, 0.6) is 0 Å². The van der Waals surface area contributed by atoms with E-state index in [1.807, 2.05) is 0 Å². The number of rotatable bonds is 0. The maximum Gasteiger partial charge on any atom is 0.0579 e. The molecule has 0 aliphatic rings. The molecule has 1 radical (unpaired) electrons. The van der Waals surface area contributed by atoms with Crippen LogP contribution in [0.1, 0.15) is 0 Å². The quantitative estimate of drug-likeness (QED) is 0.498. The molecule has 0 atom stereocenters. The minimum Gasteiger partial charge on any atom is -0.412 e. The Morgan fingerprint density at radius 3 is 0.833 bits per heavy atom. The van der Waals surface area contributed by atoms with Gasteiger partial charge in [0, 0.05) is 17.1 Å². The summed E-state index contributed by atoms with van der Waals surface area (Å²) in [5.41, 5.74) is 0. The van der Waals surface area contributed by atoms with Gasteiger partial charge in [-0.2, -0.15) is 0 Å². The monoisotopic (exact) mass is 185 g/mol. The van der Waals surface area contributed by atoms with Crippen LogP contribution in [0.4, 0.5) is 0 Å². The first kappa shape index (κ1) is 28.1. The number of halogens is 2. The SMILES string of the molecule is O.OCl.OCl.[Cu]. The van der Waals surface area contributed by atoms with E-state index in [4.69, 9.17) is 9.32 Å². The zero-order valence-electron chi connectivity index (χ0n) is 2.45. The van der Waals surface area contributed by atoms with Crippen molar-refractivity contribution in [2.45, 2.75) is 0 Å². The van der Waals surface area contributed by atoms with Crippen LogP contribution < -0.4 is 0 Å². The Hall–Kier alpha value is 0.979. The molecule has 3 nitrogen and oxygen atoms in total. The molecular formula is H4Cl2CuO3. The van der Waals surface area contributed by atoms with Crippen LogP contribution in [0, 0.1) is 0 Å². The molecule has 0 aromatic heterocycles. The van der Waals surface area contributed by atoms with Crippen molar-refractivity contribution in [3.05, 3.63) is 0 Å². The molecule has 0 spiro atoms. The molecule has 0 heterocycles. The van der Waals surface area contributed by atoms with Crippen molar-refractivity contribution < 1.29 is 31.9 Å². The molecule has 0 aliphatic heterocycles. The van der Waals surface area contributed by atoms with Gasteiger partial charge in [-0.15, -0.1) is 0 Å². The van der Waals surface area contributed by atoms with E-state index in [9.17, 15) is 0 Å². The number of hydrogen-bond acceptors (Lipinski definition) is 2. The molecule has 0 saturated carbocycles. The van der Waals surface area contributed by atoms with E-state index in [1.54, 1.807) is 0 Å². The second kappa shape index (κ2) is 155. The summed E-state index contributed by atoms with van der Waals surface area (Å²) in [6.07, 6.45) is 0. The van der Waals surface area contributed by atoms with Crippen molar-refractivity contribution in [3.63, 3.8) is 0 Å². The van der Waals surface area contributed by atoms with Crippen LogP contribution >= 0.6 is 23.7 Å². The average Bonchev–Trinajstić information content (AvgIpc) is 1.50. The summed E-state index contributed by atoms with van der Waals surface area (Å²) in [7, 11) is 0. The van der Waals surface area contributed by atoms with Crippen LogP contribution in [-0.4, -0.2) is 14.8 Å². The van der Waals surface area contributed by atoms with Crippen molar-refractivity contribution in [2.75, 3.05) is 0 Å². The Bertz CT molecular complexity index is 8.75. The third-order valence-corrected chi connectivity index (χ3v) is 0. The van der Waals surface area contributed by atoms with Gasteiger partial charge < -0.3 is 5.48 Å². The van der Waals surface area contributed by atoms with Crippen molar-refractivity contribution in [3.8, 4) is 0 Å². The Morgan fingerprint density at radius 2 is 0.833 bits per heavy atom. The van der Waals surface area contributed by atoms with Gasteiger partial charge in [-0.1, -0.05) is 0 Å². The van der Waals surface area contributed by atoms with Crippen LogP contribution in [0.15, 0.2) is 0 Å². The van der Waals surface area contributed by atoms with Gasteiger partial charge in [0.25, 0.3) is 0 Å². The molecule has 4 N–H and O–H groups in total. The summed E-state index contributed by atoms with van der Waals surface area (Å²) in [4.78, 5) is 0. The Morgan fingerprint density at radius 1 is 0.833 bits per heavy atom. The first-order chi connectivity index (χ1) is 2.00. The fourth-order valence-corrected chi connectivity index (χ4v) is 0. The normalized spacial score (nSPS) is 2.00. The van der Waals surface area contributed by atoms with Gasteiger partial charge in [0.2, 0.25) is 0 Å². The molecule has 0 amide bonds. The summed E-state index contributed by atoms with van der Waals surface area (Å²) in [6, 6.07) is 0. The molecule has 6 heteroatoms. The van der Waals surface area contributed by atoms with Crippen LogP contribution in [0.3, 0.4) is 0 Å². The summed E-state index contributed by atoms with van der Waals surface area (Å²) in [5, 5.41) is 0. The maximum atomic E-state index is 6.47. The van der Waals surface area contributed by atoms with Crippen molar-refractivity contribution in [2.24, 2.45) is 0 Å². The third-order valence-electron chi connectivity index (χ3n) is 0. The average molecular weight is 186 g/mol. The Labute approximate surface area is 56.0 Å². The molecule has 0 aliphatic carbocycles. The van der Waals surface area contributed by atoms with Gasteiger partial charge in [-0.3, -0.25) is 9.32 Å². The van der Waals surface area contributed by atoms with E-state index in [-0.39, 0.29) is 22.5 Å². The van der Waals surface area contributed by atoms with Gasteiger partial charge in [0.05, 0.1) is 23.7 Å². The first-order valence-electron chi connectivity index (χ1n) is 0.338. The molecule has 47 valence electrons. The molecule has 6 heavy (non-hydrogen) atoms. The summed E-state index contributed by atoms with van der Waals surface area (Å²) in [6.45, 7) is 0. The zero-order chi connectivity index (χ0) is 4.00. The predicted molar refractivity (Wildman–Crippen MR) is 19.8 cm³/mol. The minimum atomic E-state index is 0. The minimum absolute atomic E-state index is 0. The maximum absolute atomic E-state index is 6.47. The molecule has 0 aromatic rings. The van der Waals surface area contributed by atoms with Gasteiger partial charge in [-0.05, 0) is 0 Å². The topological polar surface area (TPSA) is 72.0 Å². The van der Waals surface area contributed by atoms with E-state index < -0.39 is 0 Å². The molecule has 0 aromatic carbocycles. The fraction of sp³-hybridized carbons (Fsp3) is 0. The second-order valence-corrected chi connectivity index (χ2v) is 0. The molecule has 0 rings (SSSR count). The van der Waals surface area contributed by atoms with Crippen molar-refractivity contribution >= 4 is 23.7 Å². The second-order valence-electron chi connectivity index (χ2n) is 0. The molecular weight excluding hydrogens is 182 g/mol. The fourth-order valence-electron chi connectivity index (χ4n) is 0. The van der Waals surface area contributed by atoms with Crippen molar-refractivity contribution in [1.29, 1.82) is 0 Å². The van der Waals surface area contributed by atoms with Crippen LogP contribution in [0.2, 0.25) is 0 Å². The largest absolute Gasteiger partial charge is 0.412 e. The third kappa shape index (κ3) is 82.2. The van der Waals surface area contributed by atoms with Gasteiger partial charge in [0.15, 0.2) is 0 Å². The first-order valence-corrected chi connectivity index (χ1v) is 1.01. The summed E-state index contributed by atoms with van der Waals surface area (Å²) < 4.78 is 12.9. The summed E-state index contributed by atoms with van der Waals surface area (Å²) in [5.74, 6) is 0. The summed E-state index contributed by atoms with van der Waals surface area (Å²) >= 11 is 7.28. The number of hydrogen-bond donors (Lipinski definition) is 2. The van der Waals surface area contributed by atoms with E-state index in [0.29, 0.717) is 0 Å². The van der Waals surface area contributed by atoms with E-state index in [2.05, 4.69) is 23.7 Å². The van der Waals surface area contributed by atoms with Crippen molar-refractivity contribution in [1.82, 2.24) is 0 Å². The Kier molecular flexibility index (Phi) is 724. The van der Waals surface area contributed by atoms with E-state index >= 15 is 0 Å². The molecule has 0 fully saturated rings. The van der Waals surface area contributed by atoms with Gasteiger partial charge in [0.1, 0.15) is 0 Å². The smallest absolute Gasteiger partial charge is 0.0579 e. The van der Waals surface area contributed by atoms with Crippen LogP contribution in [0.25, 0.3) is 0 Å². The molecule has 0 bridgehead atoms. The molecule has 0 unspecified atom stereocenters. The van der Waals surface area contributed by atoms with E-state index in [1.165, 1.54) is 0 Å². The van der Waals surface area contributed by atoms with Gasteiger partial charge in [-0.25, -0.2) is 0 Å².